The van der Waals surface area contributed by atoms with E-state index in [9.17, 15) is 37.5 Å². The molecule has 0 aliphatic carbocycles. The zero-order valence-corrected chi connectivity index (χ0v) is 20.2. The number of likely N-dealkylation sites (tertiary alicyclic amines) is 1. The number of rotatable bonds is 6. The summed E-state index contributed by atoms with van der Waals surface area (Å²) in [6.07, 6.45) is -5.15. The molecule has 1 aromatic heterocycles. The third-order valence-electron chi connectivity index (χ3n) is 5.61. The van der Waals surface area contributed by atoms with E-state index >= 15 is 0 Å². The van der Waals surface area contributed by atoms with Crippen molar-refractivity contribution in [3.8, 4) is 0 Å². The van der Waals surface area contributed by atoms with Gasteiger partial charge in [0.15, 0.2) is 5.82 Å². The summed E-state index contributed by atoms with van der Waals surface area (Å²) < 4.78 is 40.0. The summed E-state index contributed by atoms with van der Waals surface area (Å²) in [6.45, 7) is -0.302. The summed E-state index contributed by atoms with van der Waals surface area (Å²) in [4.78, 5) is 49.3. The van der Waals surface area contributed by atoms with Crippen LogP contribution in [0.4, 0.5) is 13.2 Å². The van der Waals surface area contributed by atoms with Gasteiger partial charge in [-0.25, -0.2) is 4.79 Å². The number of carboxylic acid groups (broad SMARTS) is 1. The van der Waals surface area contributed by atoms with Crippen molar-refractivity contribution in [1.29, 1.82) is 0 Å². The number of hydrogen-bond donors (Lipinski definition) is 2. The van der Waals surface area contributed by atoms with Crippen molar-refractivity contribution in [1.82, 2.24) is 34.7 Å². The Hall–Kier alpha value is -2.17. The van der Waals surface area contributed by atoms with E-state index in [1.54, 1.807) is 0 Å². The van der Waals surface area contributed by atoms with Gasteiger partial charge in [-0.2, -0.15) is 17.3 Å². The molecule has 3 aliphatic heterocycles. The fraction of sp³-hybridized carbons (Fsp3) is 0.562. The second-order valence-corrected chi connectivity index (χ2v) is 8.30. The van der Waals surface area contributed by atoms with Gasteiger partial charge in [0, 0.05) is 25.3 Å². The van der Waals surface area contributed by atoms with Gasteiger partial charge in [0.1, 0.15) is 11.7 Å². The van der Waals surface area contributed by atoms with Crippen LogP contribution in [0.1, 0.15) is 13.7 Å². The summed E-state index contributed by atoms with van der Waals surface area (Å²) in [5.74, 6) is -5.00. The molecular formula is C16H17F3N7NaO5S. The van der Waals surface area contributed by atoms with Crippen molar-refractivity contribution in [3.05, 3.63) is 17.1 Å². The first-order chi connectivity index (χ1) is 15.0. The smallest absolute Gasteiger partial charge is 1.00 e. The molecule has 2 fully saturated rings. The zero-order chi connectivity index (χ0) is 23.4. The number of nitrogens with zero attached hydrogens (tertiary/aromatic N) is 6. The first kappa shape index (κ1) is 25.5. The van der Waals surface area contributed by atoms with E-state index in [0.717, 1.165) is 16.8 Å². The Kier molecular flexibility index (Phi) is 7.12. The summed E-state index contributed by atoms with van der Waals surface area (Å²) in [5.41, 5.74) is 0.000448. The van der Waals surface area contributed by atoms with Crippen LogP contribution in [0.3, 0.4) is 0 Å². The largest absolute Gasteiger partial charge is 1.00 e. The van der Waals surface area contributed by atoms with Crippen molar-refractivity contribution >= 4 is 35.6 Å². The molecule has 3 aliphatic rings. The molecule has 2 N–H and O–H groups in total. The summed E-state index contributed by atoms with van der Waals surface area (Å²) in [7, 11) is 1.44. The van der Waals surface area contributed by atoms with Crippen LogP contribution >= 0.6 is 11.9 Å². The molecule has 0 spiro atoms. The molecule has 0 unspecified atom stereocenters. The Morgan fingerprint density at radius 1 is 1.33 bits per heavy atom. The van der Waals surface area contributed by atoms with E-state index in [0.29, 0.717) is 10.5 Å². The number of aliphatic carboxylic acids is 1. The molecule has 0 radical (unpaired) electrons. The van der Waals surface area contributed by atoms with E-state index in [-0.39, 0.29) is 73.6 Å². The van der Waals surface area contributed by atoms with Gasteiger partial charge in [0.2, 0.25) is 5.91 Å². The number of likely N-dealkylation sites (N-methyl/N-ethyl adjacent to an activating group) is 1. The second kappa shape index (κ2) is 9.23. The third-order valence-corrected chi connectivity index (χ3v) is 6.62. The van der Waals surface area contributed by atoms with E-state index in [4.69, 9.17) is 0 Å². The average molecular weight is 499 g/mol. The van der Waals surface area contributed by atoms with Crippen LogP contribution in [0.25, 0.3) is 0 Å². The molecule has 0 saturated carbocycles. The van der Waals surface area contributed by atoms with Gasteiger partial charge in [-0.3, -0.25) is 19.3 Å². The molecule has 0 bridgehead atoms. The molecule has 17 heteroatoms. The van der Waals surface area contributed by atoms with Gasteiger partial charge in [-0.05, 0) is 34.4 Å². The molecule has 1 aromatic rings. The van der Waals surface area contributed by atoms with Crippen LogP contribution in [0.2, 0.25) is 0 Å². The molecular weight excluding hydrogens is 482 g/mol. The van der Waals surface area contributed by atoms with Gasteiger partial charge in [-0.1, -0.05) is 0 Å². The summed E-state index contributed by atoms with van der Waals surface area (Å²) in [5, 5.41) is 23.1. The number of carbonyl (C=O) groups is 4. The minimum atomic E-state index is -5.13. The number of amides is 3. The Labute approximate surface area is 211 Å². The monoisotopic (exact) mass is 499 g/mol. The molecule has 3 amide bonds. The minimum Gasteiger partial charge on any atom is -1.00 e. The first-order valence-electron chi connectivity index (χ1n) is 9.32. The number of nitrogens with one attached hydrogen (secondary N) is 1. The molecule has 174 valence electrons. The molecule has 2 saturated heterocycles. The maximum absolute atomic E-state index is 12.9. The summed E-state index contributed by atoms with van der Waals surface area (Å²) in [6, 6.07) is -2.11. The van der Waals surface area contributed by atoms with E-state index < -0.39 is 42.0 Å². The summed E-state index contributed by atoms with van der Waals surface area (Å²) >= 11 is 0.981. The Balaban J connectivity index is 0.00000204. The van der Waals surface area contributed by atoms with Crippen LogP contribution in [-0.4, -0.2) is 95.8 Å². The zero-order valence-electron chi connectivity index (χ0n) is 18.4. The van der Waals surface area contributed by atoms with Gasteiger partial charge in [0.25, 0.3) is 5.91 Å². The molecule has 4 heterocycles. The van der Waals surface area contributed by atoms with Crippen LogP contribution in [0, 0.1) is 5.92 Å². The van der Waals surface area contributed by atoms with Gasteiger partial charge < -0.3 is 16.7 Å². The fourth-order valence-corrected chi connectivity index (χ4v) is 5.18. The normalized spacial score (nSPS) is 23.6. The standard InChI is InChI=1S/C16H16F3N7O5S.Na.H/c1-20-9(27)3-8-21-22-23-26(8)32-5-7-2-6-4-24(15(31)16(17,18)19)12-10(6)25(13(12)28)11(7)14(29)30;;/h6,10,12H,2-5H2,1H3,(H,20,27)(H,29,30);;/q;+1;-1/t6-,10-,12+;;/m1../s1. The number of hydrogen-bond acceptors (Lipinski definition) is 8. The number of β-lactam (4-membered cyclic amide) rings is 1. The number of carbonyl (C=O) groups excluding carboxylic acids is 3. The number of aromatic nitrogens is 4. The first-order valence-corrected chi connectivity index (χ1v) is 10.3. The van der Waals surface area contributed by atoms with Crippen molar-refractivity contribution in [2.45, 2.75) is 31.1 Å². The van der Waals surface area contributed by atoms with Crippen LogP contribution in [-0.2, 0) is 25.6 Å². The van der Waals surface area contributed by atoms with Crippen molar-refractivity contribution < 1.29 is 68.4 Å². The third kappa shape index (κ3) is 4.36. The SMILES string of the molecule is CNC(=O)Cc1nnnn1SCC1=C(C(=O)O)N2C(=O)[C@@H]3[C@H]2[C@H](C1)CN3C(=O)C(F)(F)F.[H-].[Na+]. The molecule has 0 aromatic carbocycles. The average Bonchev–Trinajstić information content (AvgIpc) is 3.31. The van der Waals surface area contributed by atoms with Crippen molar-refractivity contribution in [2.75, 3.05) is 19.3 Å². The van der Waals surface area contributed by atoms with E-state index in [2.05, 4.69) is 20.8 Å². The van der Waals surface area contributed by atoms with Crippen LogP contribution < -0.4 is 34.9 Å². The van der Waals surface area contributed by atoms with Gasteiger partial charge in [0.05, 0.1) is 12.5 Å². The quantitative estimate of drug-likeness (QED) is 0.294. The number of alkyl halides is 3. The molecule has 4 rings (SSSR count). The van der Waals surface area contributed by atoms with Crippen molar-refractivity contribution in [2.24, 2.45) is 5.92 Å². The maximum atomic E-state index is 12.9. The Morgan fingerprint density at radius 2 is 2.03 bits per heavy atom. The number of halogens is 3. The van der Waals surface area contributed by atoms with Crippen LogP contribution in [0.15, 0.2) is 11.3 Å². The van der Waals surface area contributed by atoms with E-state index in [1.165, 1.54) is 11.1 Å². The van der Waals surface area contributed by atoms with Gasteiger partial charge >= 0.3 is 47.6 Å². The molecule has 12 nitrogen and oxygen atoms in total. The molecule has 33 heavy (non-hydrogen) atoms. The fourth-order valence-electron chi connectivity index (χ4n) is 4.31. The Bertz CT molecular complexity index is 1050. The predicted molar refractivity (Wildman–Crippen MR) is 99.5 cm³/mol. The van der Waals surface area contributed by atoms with Crippen LogP contribution in [0.5, 0.6) is 0 Å². The second-order valence-electron chi connectivity index (χ2n) is 7.41. The Morgan fingerprint density at radius 3 is 2.64 bits per heavy atom. The topological polar surface area (TPSA) is 151 Å². The van der Waals surface area contributed by atoms with Crippen molar-refractivity contribution in [3.63, 3.8) is 0 Å². The number of carboxylic acids is 1. The predicted octanol–water partition coefficient (Wildman–Crippen LogP) is -4.08. The maximum Gasteiger partial charge on any atom is 1.00 e. The van der Waals surface area contributed by atoms with Gasteiger partial charge in [-0.15, -0.1) is 5.10 Å². The molecule has 3 atom stereocenters. The number of tetrazole rings is 1. The van der Waals surface area contributed by atoms with E-state index in [1.807, 2.05) is 0 Å². The minimum absolute atomic E-state index is 0.